The third-order valence-electron chi connectivity index (χ3n) is 1.42. The summed E-state index contributed by atoms with van der Waals surface area (Å²) in [5.74, 6) is 0. The van der Waals surface area contributed by atoms with Crippen molar-refractivity contribution in [3.8, 4) is 0 Å². The SMILES string of the molecule is C[CH]Cc1ccccc1S. The first-order valence-corrected chi connectivity index (χ1v) is 3.84. The molecular formula is C9H11S. The van der Waals surface area contributed by atoms with E-state index in [-0.39, 0.29) is 0 Å². The smallest absolute Gasteiger partial charge is 0.00721 e. The van der Waals surface area contributed by atoms with Gasteiger partial charge in [0.25, 0.3) is 0 Å². The van der Waals surface area contributed by atoms with Crippen molar-refractivity contribution in [1.29, 1.82) is 0 Å². The average molecular weight is 151 g/mol. The summed E-state index contributed by atoms with van der Waals surface area (Å²) in [5.41, 5.74) is 1.30. The van der Waals surface area contributed by atoms with Gasteiger partial charge in [-0.05, 0) is 24.5 Å². The second-order valence-corrected chi connectivity index (χ2v) is 2.72. The molecule has 0 heterocycles. The standard InChI is InChI=1S/C9H11S/c1-2-5-8-6-3-4-7-9(8)10/h2-4,6-7,10H,5H2,1H3. The lowest BCUT2D eigenvalue weighted by molar-refractivity contribution is 1.09. The van der Waals surface area contributed by atoms with Crippen molar-refractivity contribution in [2.24, 2.45) is 0 Å². The summed E-state index contributed by atoms with van der Waals surface area (Å²) in [6.07, 6.45) is 3.15. The van der Waals surface area contributed by atoms with Gasteiger partial charge in [-0.1, -0.05) is 25.1 Å². The molecule has 0 aromatic heterocycles. The first kappa shape index (κ1) is 7.67. The zero-order valence-corrected chi connectivity index (χ0v) is 6.94. The molecule has 0 saturated carbocycles. The van der Waals surface area contributed by atoms with E-state index in [1.54, 1.807) is 0 Å². The number of hydrogen-bond acceptors (Lipinski definition) is 1. The summed E-state index contributed by atoms with van der Waals surface area (Å²) in [6, 6.07) is 8.16. The molecule has 0 aliphatic carbocycles. The fourth-order valence-corrected chi connectivity index (χ4v) is 1.16. The van der Waals surface area contributed by atoms with Gasteiger partial charge in [-0.15, -0.1) is 12.6 Å². The Labute approximate surface area is 67.7 Å². The lowest BCUT2D eigenvalue weighted by Gasteiger charge is -2.00. The highest BCUT2D eigenvalue weighted by Crippen LogP contribution is 2.13. The minimum Gasteiger partial charge on any atom is -0.143 e. The zero-order valence-electron chi connectivity index (χ0n) is 6.04. The molecule has 0 saturated heterocycles. The van der Waals surface area contributed by atoms with E-state index in [4.69, 9.17) is 0 Å². The van der Waals surface area contributed by atoms with Gasteiger partial charge in [0.05, 0.1) is 0 Å². The van der Waals surface area contributed by atoms with Gasteiger partial charge in [0.2, 0.25) is 0 Å². The Kier molecular flexibility index (Phi) is 2.82. The monoisotopic (exact) mass is 151 g/mol. The lowest BCUT2D eigenvalue weighted by Crippen LogP contribution is -1.83. The van der Waals surface area contributed by atoms with Crippen molar-refractivity contribution < 1.29 is 0 Å². The Morgan fingerprint density at radius 1 is 1.40 bits per heavy atom. The van der Waals surface area contributed by atoms with E-state index < -0.39 is 0 Å². The van der Waals surface area contributed by atoms with E-state index in [9.17, 15) is 0 Å². The van der Waals surface area contributed by atoms with Crippen molar-refractivity contribution in [1.82, 2.24) is 0 Å². The highest BCUT2D eigenvalue weighted by Gasteiger charge is 1.93. The Balaban J connectivity index is 2.81. The average Bonchev–Trinajstić information content (AvgIpc) is 1.94. The third kappa shape index (κ3) is 1.77. The minimum absolute atomic E-state index is 1.01. The summed E-state index contributed by atoms with van der Waals surface area (Å²) < 4.78 is 0. The number of rotatable bonds is 2. The molecule has 0 aliphatic rings. The molecule has 0 atom stereocenters. The van der Waals surface area contributed by atoms with Crippen molar-refractivity contribution >= 4 is 12.6 Å². The fourth-order valence-electron chi connectivity index (χ4n) is 0.903. The highest BCUT2D eigenvalue weighted by molar-refractivity contribution is 7.80. The van der Waals surface area contributed by atoms with Crippen molar-refractivity contribution in [2.75, 3.05) is 0 Å². The predicted molar refractivity (Wildman–Crippen MR) is 47.4 cm³/mol. The van der Waals surface area contributed by atoms with E-state index in [1.165, 1.54) is 5.56 Å². The van der Waals surface area contributed by atoms with Gasteiger partial charge < -0.3 is 0 Å². The molecule has 0 amide bonds. The van der Waals surface area contributed by atoms with Gasteiger partial charge in [-0.2, -0.15) is 0 Å². The molecule has 0 N–H and O–H groups in total. The topological polar surface area (TPSA) is 0 Å². The Morgan fingerprint density at radius 2 is 2.10 bits per heavy atom. The number of thiol groups is 1. The summed E-state index contributed by atoms with van der Waals surface area (Å²) in [4.78, 5) is 1.08. The number of benzene rings is 1. The molecule has 1 aromatic carbocycles. The maximum absolute atomic E-state index is 4.31. The third-order valence-corrected chi connectivity index (χ3v) is 1.85. The molecule has 0 spiro atoms. The Bertz CT molecular complexity index is 206. The zero-order chi connectivity index (χ0) is 7.40. The van der Waals surface area contributed by atoms with Gasteiger partial charge in [0.1, 0.15) is 0 Å². The van der Waals surface area contributed by atoms with Crippen LogP contribution in [0.2, 0.25) is 0 Å². The molecule has 53 valence electrons. The van der Waals surface area contributed by atoms with Crippen LogP contribution in [0.4, 0.5) is 0 Å². The molecule has 0 aliphatic heterocycles. The van der Waals surface area contributed by atoms with E-state index in [1.807, 2.05) is 18.2 Å². The summed E-state index contributed by atoms with van der Waals surface area (Å²) >= 11 is 4.31. The predicted octanol–water partition coefficient (Wildman–Crippen LogP) is 2.74. The van der Waals surface area contributed by atoms with Crippen LogP contribution in [-0.2, 0) is 6.42 Å². The van der Waals surface area contributed by atoms with Crippen LogP contribution in [0.3, 0.4) is 0 Å². The van der Waals surface area contributed by atoms with Gasteiger partial charge in [-0.25, -0.2) is 0 Å². The quantitative estimate of drug-likeness (QED) is 0.617. The van der Waals surface area contributed by atoms with Gasteiger partial charge in [-0.3, -0.25) is 0 Å². The van der Waals surface area contributed by atoms with Crippen LogP contribution in [0.5, 0.6) is 0 Å². The molecule has 1 radical (unpaired) electrons. The van der Waals surface area contributed by atoms with E-state index in [2.05, 4.69) is 32.0 Å². The molecule has 1 aromatic rings. The van der Waals surface area contributed by atoms with Crippen LogP contribution >= 0.6 is 12.6 Å². The first-order chi connectivity index (χ1) is 4.84. The molecule has 1 heteroatoms. The number of hydrogen-bond donors (Lipinski definition) is 1. The molecule has 0 nitrogen and oxygen atoms in total. The van der Waals surface area contributed by atoms with Gasteiger partial charge in [0, 0.05) is 4.90 Å². The second-order valence-electron chi connectivity index (χ2n) is 2.24. The molecule has 0 fully saturated rings. The molecule has 0 unspecified atom stereocenters. The Morgan fingerprint density at radius 3 is 2.70 bits per heavy atom. The minimum atomic E-state index is 1.01. The van der Waals surface area contributed by atoms with Crippen LogP contribution in [0, 0.1) is 6.42 Å². The first-order valence-electron chi connectivity index (χ1n) is 3.39. The lowest BCUT2D eigenvalue weighted by atomic mass is 10.1. The fraction of sp³-hybridized carbons (Fsp3) is 0.222. The van der Waals surface area contributed by atoms with Crippen molar-refractivity contribution in [3.63, 3.8) is 0 Å². The van der Waals surface area contributed by atoms with Crippen molar-refractivity contribution in [2.45, 2.75) is 18.2 Å². The maximum Gasteiger partial charge on any atom is 0.00721 e. The maximum atomic E-state index is 4.31. The molecule has 0 bridgehead atoms. The van der Waals surface area contributed by atoms with Crippen LogP contribution < -0.4 is 0 Å². The summed E-state index contributed by atoms with van der Waals surface area (Å²) in [7, 11) is 0. The van der Waals surface area contributed by atoms with Gasteiger partial charge >= 0.3 is 0 Å². The largest absolute Gasteiger partial charge is 0.143 e. The Hall–Kier alpha value is -0.430. The second kappa shape index (κ2) is 3.67. The van der Waals surface area contributed by atoms with E-state index in [0.29, 0.717) is 0 Å². The van der Waals surface area contributed by atoms with E-state index >= 15 is 0 Å². The summed E-state index contributed by atoms with van der Waals surface area (Å²) in [6.45, 7) is 2.06. The normalized spacial score (nSPS) is 9.80. The van der Waals surface area contributed by atoms with Gasteiger partial charge in [0.15, 0.2) is 0 Å². The van der Waals surface area contributed by atoms with Crippen LogP contribution in [0.1, 0.15) is 12.5 Å². The highest BCUT2D eigenvalue weighted by atomic mass is 32.1. The van der Waals surface area contributed by atoms with E-state index in [0.717, 1.165) is 11.3 Å². The molecular weight excluding hydrogens is 140 g/mol. The summed E-state index contributed by atoms with van der Waals surface area (Å²) in [5, 5.41) is 0. The van der Waals surface area contributed by atoms with Crippen LogP contribution in [0.25, 0.3) is 0 Å². The van der Waals surface area contributed by atoms with Crippen LogP contribution in [0.15, 0.2) is 29.2 Å². The molecule has 10 heavy (non-hydrogen) atoms. The van der Waals surface area contributed by atoms with Crippen LogP contribution in [-0.4, -0.2) is 0 Å². The van der Waals surface area contributed by atoms with Crippen molar-refractivity contribution in [3.05, 3.63) is 36.2 Å². The molecule has 1 rings (SSSR count).